The van der Waals surface area contributed by atoms with Crippen LogP contribution in [0.3, 0.4) is 0 Å². The summed E-state index contributed by atoms with van der Waals surface area (Å²) in [5, 5.41) is 8.05. The van der Waals surface area contributed by atoms with Crippen LogP contribution in [0.5, 0.6) is 0 Å². The molecule has 0 fully saturated rings. The number of fused-ring (bicyclic) bond motifs is 1. The smallest absolute Gasteiger partial charge is 0.170 e. The number of aromatic nitrogens is 1. The molecule has 2 N–H and O–H groups in total. The lowest BCUT2D eigenvalue weighted by atomic mass is 10.2. The van der Waals surface area contributed by atoms with Gasteiger partial charge in [0.25, 0.3) is 0 Å². The second-order valence-corrected chi connectivity index (χ2v) is 6.76. The highest BCUT2D eigenvalue weighted by molar-refractivity contribution is 7.80. The Morgan fingerprint density at radius 3 is 2.73 bits per heavy atom. The van der Waals surface area contributed by atoms with Gasteiger partial charge in [0, 0.05) is 17.3 Å². The van der Waals surface area contributed by atoms with Gasteiger partial charge in [-0.3, -0.25) is 0 Å². The van der Waals surface area contributed by atoms with Gasteiger partial charge in [-0.15, -0.1) is 11.3 Å². The summed E-state index contributed by atoms with van der Waals surface area (Å²) in [6.45, 7) is 4.12. The predicted molar refractivity (Wildman–Crippen MR) is 99.5 cm³/mol. The number of para-hydroxylation sites is 1. The summed E-state index contributed by atoms with van der Waals surface area (Å²) in [5.74, 6) is 0. The average molecular weight is 327 g/mol. The van der Waals surface area contributed by atoms with Gasteiger partial charge < -0.3 is 10.6 Å². The molecule has 0 radical (unpaired) electrons. The molecule has 0 aliphatic rings. The van der Waals surface area contributed by atoms with E-state index in [0.29, 0.717) is 11.2 Å². The van der Waals surface area contributed by atoms with E-state index in [1.807, 2.05) is 30.3 Å². The van der Waals surface area contributed by atoms with Crippen LogP contribution < -0.4 is 10.6 Å². The summed E-state index contributed by atoms with van der Waals surface area (Å²) in [6, 6.07) is 16.7. The molecule has 0 aliphatic carbocycles. The Hall–Kier alpha value is -1.98. The van der Waals surface area contributed by atoms with E-state index in [1.54, 1.807) is 11.3 Å². The molecule has 0 bridgehead atoms. The van der Waals surface area contributed by atoms with Crippen molar-refractivity contribution >= 4 is 44.6 Å². The molecule has 0 saturated heterocycles. The lowest BCUT2D eigenvalue weighted by molar-refractivity contribution is 0.739. The highest BCUT2D eigenvalue weighted by Crippen LogP contribution is 2.31. The van der Waals surface area contributed by atoms with Crippen LogP contribution in [0.2, 0.25) is 0 Å². The molecular weight excluding hydrogens is 310 g/mol. The first-order chi connectivity index (χ1) is 10.6. The zero-order valence-corrected chi connectivity index (χ0v) is 14.1. The van der Waals surface area contributed by atoms with Gasteiger partial charge in [-0.05, 0) is 50.3 Å². The average Bonchev–Trinajstić information content (AvgIpc) is 2.90. The Balaban J connectivity index is 1.85. The van der Waals surface area contributed by atoms with Crippen molar-refractivity contribution in [2.45, 2.75) is 19.9 Å². The van der Waals surface area contributed by atoms with Crippen LogP contribution in [0, 0.1) is 0 Å². The Kier molecular flexibility index (Phi) is 4.36. The largest absolute Gasteiger partial charge is 0.360 e. The second-order valence-electron chi connectivity index (χ2n) is 5.32. The van der Waals surface area contributed by atoms with Crippen molar-refractivity contribution in [3.63, 3.8) is 0 Å². The van der Waals surface area contributed by atoms with E-state index in [4.69, 9.17) is 17.2 Å². The van der Waals surface area contributed by atoms with Gasteiger partial charge in [-0.1, -0.05) is 24.3 Å². The van der Waals surface area contributed by atoms with Crippen LogP contribution >= 0.6 is 23.6 Å². The van der Waals surface area contributed by atoms with E-state index in [-0.39, 0.29) is 0 Å². The molecule has 1 aromatic heterocycles. The minimum Gasteiger partial charge on any atom is -0.360 e. The summed E-state index contributed by atoms with van der Waals surface area (Å²) in [7, 11) is 0. The first-order valence-electron chi connectivity index (χ1n) is 7.15. The van der Waals surface area contributed by atoms with Crippen molar-refractivity contribution in [3.05, 3.63) is 48.5 Å². The van der Waals surface area contributed by atoms with E-state index in [0.717, 1.165) is 21.8 Å². The van der Waals surface area contributed by atoms with Crippen LogP contribution in [0.25, 0.3) is 20.8 Å². The number of rotatable bonds is 3. The maximum absolute atomic E-state index is 5.29. The van der Waals surface area contributed by atoms with Gasteiger partial charge in [0.15, 0.2) is 5.11 Å². The third kappa shape index (κ3) is 3.43. The second kappa shape index (κ2) is 6.42. The van der Waals surface area contributed by atoms with Crippen molar-refractivity contribution in [1.29, 1.82) is 0 Å². The minimum atomic E-state index is 0.312. The predicted octanol–water partition coefficient (Wildman–Crippen LogP) is 4.66. The Morgan fingerprint density at radius 2 is 1.95 bits per heavy atom. The molecule has 3 aromatic rings. The zero-order chi connectivity index (χ0) is 15.5. The first-order valence-corrected chi connectivity index (χ1v) is 8.38. The lowest BCUT2D eigenvalue weighted by Crippen LogP contribution is -2.33. The Morgan fingerprint density at radius 1 is 1.14 bits per heavy atom. The van der Waals surface area contributed by atoms with Crippen LogP contribution in [0.1, 0.15) is 13.8 Å². The molecule has 112 valence electrons. The highest BCUT2D eigenvalue weighted by Gasteiger charge is 2.07. The van der Waals surface area contributed by atoms with Gasteiger partial charge in [-0.2, -0.15) is 0 Å². The maximum atomic E-state index is 5.29. The molecule has 2 aromatic carbocycles. The quantitative estimate of drug-likeness (QED) is 0.686. The van der Waals surface area contributed by atoms with Crippen LogP contribution in [-0.4, -0.2) is 16.1 Å². The molecule has 0 saturated carbocycles. The summed E-state index contributed by atoms with van der Waals surface area (Å²) in [6.07, 6.45) is 0. The molecule has 0 aliphatic heterocycles. The van der Waals surface area contributed by atoms with Gasteiger partial charge in [-0.25, -0.2) is 4.98 Å². The lowest BCUT2D eigenvalue weighted by Gasteiger charge is -2.13. The fourth-order valence-electron chi connectivity index (χ4n) is 2.16. The van der Waals surface area contributed by atoms with Gasteiger partial charge in [0.2, 0.25) is 0 Å². The number of nitrogens with one attached hydrogen (secondary N) is 2. The molecule has 3 nitrogen and oxygen atoms in total. The summed E-state index contributed by atoms with van der Waals surface area (Å²) < 4.78 is 1.20. The Labute approximate surface area is 139 Å². The van der Waals surface area contributed by atoms with E-state index in [9.17, 15) is 0 Å². The minimum absolute atomic E-state index is 0.312. The van der Waals surface area contributed by atoms with E-state index < -0.39 is 0 Å². The highest BCUT2D eigenvalue weighted by atomic mass is 32.1. The topological polar surface area (TPSA) is 37.0 Å². The van der Waals surface area contributed by atoms with Crippen molar-refractivity contribution in [2.24, 2.45) is 0 Å². The fraction of sp³-hybridized carbons (Fsp3) is 0.176. The van der Waals surface area contributed by atoms with Gasteiger partial charge >= 0.3 is 0 Å². The van der Waals surface area contributed by atoms with Gasteiger partial charge in [0.1, 0.15) is 5.01 Å². The van der Waals surface area contributed by atoms with E-state index in [1.165, 1.54) is 4.70 Å². The third-order valence-electron chi connectivity index (χ3n) is 3.08. The number of anilines is 1. The molecule has 5 heteroatoms. The zero-order valence-electron chi connectivity index (χ0n) is 12.5. The van der Waals surface area contributed by atoms with E-state index in [2.05, 4.69) is 42.7 Å². The molecular formula is C17H17N3S2. The molecule has 0 spiro atoms. The van der Waals surface area contributed by atoms with Crippen LogP contribution in [-0.2, 0) is 0 Å². The van der Waals surface area contributed by atoms with Crippen molar-refractivity contribution in [2.75, 3.05) is 5.32 Å². The summed E-state index contributed by atoms with van der Waals surface area (Å²) in [5.41, 5.74) is 3.10. The molecule has 3 rings (SSSR count). The first kappa shape index (κ1) is 14.9. The number of thiocarbonyl (C=S) groups is 1. The van der Waals surface area contributed by atoms with E-state index >= 15 is 0 Å². The number of nitrogens with zero attached hydrogens (tertiary/aromatic N) is 1. The fourth-order valence-corrected chi connectivity index (χ4v) is 3.47. The van der Waals surface area contributed by atoms with Crippen LogP contribution in [0.4, 0.5) is 5.69 Å². The van der Waals surface area contributed by atoms with Crippen molar-refractivity contribution in [1.82, 2.24) is 10.3 Å². The molecule has 1 heterocycles. The maximum Gasteiger partial charge on any atom is 0.170 e. The van der Waals surface area contributed by atoms with Gasteiger partial charge in [0.05, 0.1) is 10.2 Å². The molecule has 0 unspecified atom stereocenters. The summed E-state index contributed by atoms with van der Waals surface area (Å²) >= 11 is 6.99. The number of thiazole rings is 1. The Bertz CT molecular complexity index is 775. The summed E-state index contributed by atoms with van der Waals surface area (Å²) in [4.78, 5) is 4.69. The molecule has 0 amide bonds. The van der Waals surface area contributed by atoms with Crippen molar-refractivity contribution < 1.29 is 0 Å². The molecule has 0 atom stereocenters. The number of hydrogen-bond acceptors (Lipinski definition) is 3. The SMILES string of the molecule is CC(C)NC(=S)Nc1cccc(-c2nc3ccccc3s2)c1. The standard InChI is InChI=1S/C17H17N3S2/c1-11(2)18-17(21)19-13-7-5-6-12(10-13)16-20-14-8-3-4-9-15(14)22-16/h3-11H,1-2H3,(H2,18,19,21). The number of benzene rings is 2. The third-order valence-corrected chi connectivity index (χ3v) is 4.39. The molecule has 22 heavy (non-hydrogen) atoms. The normalized spacial score (nSPS) is 10.9. The monoisotopic (exact) mass is 327 g/mol. The van der Waals surface area contributed by atoms with Crippen LogP contribution in [0.15, 0.2) is 48.5 Å². The van der Waals surface area contributed by atoms with Crippen molar-refractivity contribution in [3.8, 4) is 10.6 Å². The number of hydrogen-bond donors (Lipinski definition) is 2.